The Balaban J connectivity index is 2.23. The van der Waals surface area contributed by atoms with Crippen molar-refractivity contribution in [1.82, 2.24) is 4.90 Å². The third kappa shape index (κ3) is 2.77. The van der Waals surface area contributed by atoms with Crippen LogP contribution >= 0.6 is 0 Å². The quantitative estimate of drug-likeness (QED) is 0.808. The fourth-order valence-electron chi connectivity index (χ4n) is 3.63. The Hall–Kier alpha value is -2.13. The molecular formula is C20H23NO2. The van der Waals surface area contributed by atoms with Gasteiger partial charge in [0, 0.05) is 0 Å². The molecule has 3 heteroatoms. The van der Waals surface area contributed by atoms with Gasteiger partial charge in [0.1, 0.15) is 0 Å². The number of methoxy groups -OCH3 is 1. The van der Waals surface area contributed by atoms with Gasteiger partial charge < -0.3 is 4.74 Å². The van der Waals surface area contributed by atoms with E-state index in [-0.39, 0.29) is 5.97 Å². The first kappa shape index (κ1) is 15.8. The fourth-order valence-corrected chi connectivity index (χ4v) is 3.63. The highest BCUT2D eigenvalue weighted by Crippen LogP contribution is 2.39. The summed E-state index contributed by atoms with van der Waals surface area (Å²) in [5.41, 5.74) is 1.08. The summed E-state index contributed by atoms with van der Waals surface area (Å²) in [6.07, 6.45) is 3.44. The molecule has 0 atom stereocenters. The van der Waals surface area contributed by atoms with Crippen LogP contribution in [0.5, 0.6) is 0 Å². The van der Waals surface area contributed by atoms with Crippen LogP contribution in [0, 0.1) is 0 Å². The van der Waals surface area contributed by atoms with Crippen molar-refractivity contribution in [2.24, 2.45) is 0 Å². The largest absolute Gasteiger partial charge is 0.467 e. The van der Waals surface area contributed by atoms with Crippen LogP contribution in [-0.4, -0.2) is 31.1 Å². The van der Waals surface area contributed by atoms with Crippen LogP contribution in [0.2, 0.25) is 0 Å². The molecule has 3 nitrogen and oxygen atoms in total. The van der Waals surface area contributed by atoms with E-state index in [4.69, 9.17) is 4.74 Å². The maximum absolute atomic E-state index is 13.1. The normalized spacial score (nSPS) is 16.0. The smallest absolute Gasteiger partial charge is 0.335 e. The summed E-state index contributed by atoms with van der Waals surface area (Å²) in [6.45, 7) is 1.80. The second-order valence-electron chi connectivity index (χ2n) is 5.98. The average molecular weight is 309 g/mol. The lowest BCUT2D eigenvalue weighted by molar-refractivity contribution is -0.154. The number of carbonyl (C=O) groups is 1. The molecule has 1 aliphatic heterocycles. The van der Waals surface area contributed by atoms with Crippen molar-refractivity contribution in [3.05, 3.63) is 71.8 Å². The van der Waals surface area contributed by atoms with E-state index in [0.717, 1.165) is 37.1 Å². The van der Waals surface area contributed by atoms with Gasteiger partial charge in [-0.25, -0.2) is 4.79 Å². The molecule has 2 aromatic carbocycles. The molecule has 0 N–H and O–H groups in total. The molecule has 0 unspecified atom stereocenters. The predicted octanol–water partition coefficient (Wildman–Crippen LogP) is 3.59. The molecule has 23 heavy (non-hydrogen) atoms. The van der Waals surface area contributed by atoms with E-state index in [9.17, 15) is 4.79 Å². The number of esters is 1. The second kappa shape index (κ2) is 6.97. The molecule has 0 saturated carbocycles. The number of nitrogens with zero attached hydrogens (tertiary/aromatic N) is 1. The molecular weight excluding hydrogens is 286 g/mol. The van der Waals surface area contributed by atoms with E-state index in [2.05, 4.69) is 4.90 Å². The molecule has 0 spiro atoms. The van der Waals surface area contributed by atoms with E-state index in [1.165, 1.54) is 13.5 Å². The Morgan fingerprint density at radius 3 is 1.78 bits per heavy atom. The van der Waals surface area contributed by atoms with Crippen molar-refractivity contribution in [2.75, 3.05) is 20.2 Å². The number of piperidine rings is 1. The number of hydrogen-bond acceptors (Lipinski definition) is 3. The van der Waals surface area contributed by atoms with Gasteiger partial charge in [-0.2, -0.15) is 0 Å². The van der Waals surface area contributed by atoms with Crippen LogP contribution in [0.4, 0.5) is 0 Å². The zero-order valence-corrected chi connectivity index (χ0v) is 13.6. The van der Waals surface area contributed by atoms with Crippen LogP contribution in [0.15, 0.2) is 60.7 Å². The Morgan fingerprint density at radius 2 is 1.35 bits per heavy atom. The van der Waals surface area contributed by atoms with Gasteiger partial charge >= 0.3 is 5.97 Å². The third-order valence-corrected chi connectivity index (χ3v) is 4.69. The van der Waals surface area contributed by atoms with Crippen LogP contribution in [0.1, 0.15) is 30.4 Å². The molecule has 2 aromatic rings. The lowest BCUT2D eigenvalue weighted by Crippen LogP contribution is -2.55. The number of hydrogen-bond donors (Lipinski definition) is 0. The SMILES string of the molecule is COC(=O)C(c1ccccc1)(c1ccccc1)N1CCCCC1. The van der Waals surface area contributed by atoms with Gasteiger partial charge in [0.25, 0.3) is 0 Å². The Kier molecular flexibility index (Phi) is 4.77. The lowest BCUT2D eigenvalue weighted by Gasteiger charge is -2.44. The standard InChI is InChI=1S/C20H23NO2/c1-23-19(22)20(17-11-5-2-6-12-17,18-13-7-3-8-14-18)21-15-9-4-10-16-21/h2-3,5-8,11-14H,4,9-10,15-16H2,1H3. The zero-order valence-electron chi connectivity index (χ0n) is 13.6. The van der Waals surface area contributed by atoms with Gasteiger partial charge in [-0.05, 0) is 37.1 Å². The fraction of sp³-hybridized carbons (Fsp3) is 0.350. The van der Waals surface area contributed by atoms with Crippen LogP contribution in [-0.2, 0) is 15.1 Å². The van der Waals surface area contributed by atoms with Gasteiger partial charge in [-0.1, -0.05) is 67.1 Å². The van der Waals surface area contributed by atoms with Crippen LogP contribution in [0.25, 0.3) is 0 Å². The van der Waals surface area contributed by atoms with Crippen molar-refractivity contribution in [3.8, 4) is 0 Å². The molecule has 0 aromatic heterocycles. The van der Waals surface area contributed by atoms with Crippen molar-refractivity contribution < 1.29 is 9.53 Å². The van der Waals surface area contributed by atoms with E-state index in [1.807, 2.05) is 60.7 Å². The number of carbonyl (C=O) groups excluding carboxylic acids is 1. The van der Waals surface area contributed by atoms with E-state index >= 15 is 0 Å². The van der Waals surface area contributed by atoms with Gasteiger partial charge in [-0.3, -0.25) is 4.90 Å². The monoisotopic (exact) mass is 309 g/mol. The summed E-state index contributed by atoms with van der Waals surface area (Å²) in [5.74, 6) is -0.211. The maximum atomic E-state index is 13.1. The minimum absolute atomic E-state index is 0.211. The summed E-state index contributed by atoms with van der Waals surface area (Å²) < 4.78 is 5.30. The molecule has 1 heterocycles. The predicted molar refractivity (Wildman–Crippen MR) is 91.1 cm³/mol. The minimum atomic E-state index is -0.863. The molecule has 3 rings (SSSR count). The van der Waals surface area contributed by atoms with Crippen molar-refractivity contribution in [1.29, 1.82) is 0 Å². The third-order valence-electron chi connectivity index (χ3n) is 4.69. The van der Waals surface area contributed by atoms with E-state index < -0.39 is 5.54 Å². The van der Waals surface area contributed by atoms with Crippen molar-refractivity contribution in [3.63, 3.8) is 0 Å². The Labute approximate surface area is 137 Å². The first-order valence-electron chi connectivity index (χ1n) is 8.24. The van der Waals surface area contributed by atoms with Gasteiger partial charge in [0.15, 0.2) is 5.54 Å². The molecule has 120 valence electrons. The van der Waals surface area contributed by atoms with Crippen molar-refractivity contribution >= 4 is 5.97 Å². The number of ether oxygens (including phenoxy) is 1. The molecule has 1 aliphatic rings. The number of likely N-dealkylation sites (tertiary alicyclic amines) is 1. The first-order chi connectivity index (χ1) is 11.3. The average Bonchev–Trinajstić information content (AvgIpc) is 2.65. The molecule has 1 saturated heterocycles. The summed E-state index contributed by atoms with van der Waals surface area (Å²) in [7, 11) is 1.48. The van der Waals surface area contributed by atoms with E-state index in [0.29, 0.717) is 0 Å². The van der Waals surface area contributed by atoms with Crippen LogP contribution < -0.4 is 0 Å². The van der Waals surface area contributed by atoms with Crippen molar-refractivity contribution in [2.45, 2.75) is 24.8 Å². The zero-order chi connectivity index (χ0) is 16.1. The van der Waals surface area contributed by atoms with Gasteiger partial charge in [0.05, 0.1) is 7.11 Å². The lowest BCUT2D eigenvalue weighted by atomic mass is 9.80. The molecule has 0 amide bonds. The number of rotatable bonds is 4. The molecule has 0 bridgehead atoms. The Morgan fingerprint density at radius 1 is 0.870 bits per heavy atom. The van der Waals surface area contributed by atoms with E-state index in [1.54, 1.807) is 0 Å². The summed E-state index contributed by atoms with van der Waals surface area (Å²) in [6, 6.07) is 20.0. The topological polar surface area (TPSA) is 29.5 Å². The highest BCUT2D eigenvalue weighted by molar-refractivity contribution is 5.87. The molecule has 0 aliphatic carbocycles. The Bertz CT molecular complexity index is 594. The maximum Gasteiger partial charge on any atom is 0.335 e. The second-order valence-corrected chi connectivity index (χ2v) is 5.98. The van der Waals surface area contributed by atoms with Crippen LogP contribution in [0.3, 0.4) is 0 Å². The summed E-state index contributed by atoms with van der Waals surface area (Å²) in [5, 5.41) is 0. The summed E-state index contributed by atoms with van der Waals surface area (Å²) >= 11 is 0. The van der Waals surface area contributed by atoms with Gasteiger partial charge in [-0.15, -0.1) is 0 Å². The first-order valence-corrected chi connectivity index (χ1v) is 8.24. The van der Waals surface area contributed by atoms with Gasteiger partial charge in [0.2, 0.25) is 0 Å². The molecule has 1 fully saturated rings. The molecule has 0 radical (unpaired) electrons. The highest BCUT2D eigenvalue weighted by atomic mass is 16.5. The summed E-state index contributed by atoms with van der Waals surface area (Å²) in [4.78, 5) is 15.4. The minimum Gasteiger partial charge on any atom is -0.467 e. The highest BCUT2D eigenvalue weighted by Gasteiger charge is 2.48. The number of benzene rings is 2.